The van der Waals surface area contributed by atoms with Gasteiger partial charge in [0.15, 0.2) is 38.5 Å². The first-order valence-electron chi connectivity index (χ1n) is 13.0. The third-order valence-electron chi connectivity index (χ3n) is 6.69. The molecule has 0 spiro atoms. The fourth-order valence-electron chi connectivity index (χ4n) is 4.83. The quantitative estimate of drug-likeness (QED) is 0.0541. The minimum Gasteiger partial charge on any atom is -0.450 e. The molecule has 0 bridgehead atoms. The standard InChI is InChI=1S/C26H10Cl2F4N8O8S2/c27-15-17-21(47-19-7(35-17)1-3-9(23(19)49(41,42)43)33-13-5-11(29)37-25(31)39-13)16(28)18-22(15)48-20-8(36-18)2-4-10(24(20)50(44,45)46)34-14-6-12(30)38-26(32)40-14/h1-6,35H,(H,33,37,39)(H,41,42,43)(H,44,45,46). The van der Waals surface area contributed by atoms with E-state index in [1.165, 1.54) is 6.07 Å². The predicted octanol–water partition coefficient (Wildman–Crippen LogP) is 5.69. The molecule has 4 aromatic rings. The van der Waals surface area contributed by atoms with Gasteiger partial charge < -0.3 is 19.8 Å². The van der Waals surface area contributed by atoms with Crippen molar-refractivity contribution in [3.05, 3.63) is 75.9 Å². The van der Waals surface area contributed by atoms with Crippen LogP contribution in [0.2, 0.25) is 10.0 Å². The highest BCUT2D eigenvalue weighted by Crippen LogP contribution is 2.55. The van der Waals surface area contributed by atoms with Crippen LogP contribution in [0.4, 0.5) is 46.3 Å². The molecular weight excluding hydrogens is 763 g/mol. The highest BCUT2D eigenvalue weighted by molar-refractivity contribution is 7.86. The Bertz CT molecular complexity index is 2700. The molecule has 0 fully saturated rings. The number of anilines is 4. The smallest absolute Gasteiger partial charge is 0.313 e. The van der Waals surface area contributed by atoms with Crippen molar-refractivity contribution >= 4 is 83.2 Å². The molecule has 1 aliphatic carbocycles. The van der Waals surface area contributed by atoms with Crippen LogP contribution in [0, 0.1) is 24.1 Å². The molecule has 0 radical (unpaired) electrons. The summed E-state index contributed by atoms with van der Waals surface area (Å²) in [4.78, 5) is 18.4. The van der Waals surface area contributed by atoms with E-state index in [1.54, 1.807) is 0 Å². The fraction of sp³-hybridized carbons (Fsp3) is 0. The summed E-state index contributed by atoms with van der Waals surface area (Å²) in [6.45, 7) is 0. The lowest BCUT2D eigenvalue weighted by Gasteiger charge is -2.26. The van der Waals surface area contributed by atoms with Crippen molar-refractivity contribution < 1.29 is 52.7 Å². The highest BCUT2D eigenvalue weighted by atomic mass is 35.5. The lowest BCUT2D eigenvalue weighted by molar-refractivity contribution is 0.449. The molecule has 0 atom stereocenters. The molecule has 4 N–H and O–H groups in total. The first-order chi connectivity index (χ1) is 23.5. The molecule has 50 heavy (non-hydrogen) atoms. The number of hydrogen-bond donors (Lipinski definition) is 4. The Balaban J connectivity index is 1.42. The average molecular weight is 773 g/mol. The van der Waals surface area contributed by atoms with Crippen LogP contribution in [0.25, 0.3) is 22.6 Å². The maximum atomic E-state index is 13.7. The van der Waals surface area contributed by atoms with Crippen LogP contribution in [-0.2, 0) is 20.2 Å². The van der Waals surface area contributed by atoms with Crippen molar-refractivity contribution in [2.45, 2.75) is 9.79 Å². The van der Waals surface area contributed by atoms with E-state index in [0.717, 1.165) is 18.2 Å². The van der Waals surface area contributed by atoms with Crippen molar-refractivity contribution in [2.75, 3.05) is 10.6 Å². The van der Waals surface area contributed by atoms with Gasteiger partial charge in [-0.1, -0.05) is 23.2 Å². The number of nitrogens with one attached hydrogen (secondary N) is 2. The van der Waals surface area contributed by atoms with Crippen LogP contribution in [0.3, 0.4) is 0 Å². The third kappa shape index (κ3) is 5.86. The molecular formula is C26H10Cl2F4N8O8S2. The Morgan fingerprint density at radius 3 is 2.14 bits per heavy atom. The van der Waals surface area contributed by atoms with Crippen molar-refractivity contribution in [1.29, 1.82) is 0 Å². The summed E-state index contributed by atoms with van der Waals surface area (Å²) in [5.74, 6) is -5.34. The number of benzene rings is 3. The second-order valence-electron chi connectivity index (χ2n) is 9.88. The summed E-state index contributed by atoms with van der Waals surface area (Å²) in [5, 5.41) is 3.79. The number of hydrogen-bond acceptors (Lipinski definition) is 14. The molecule has 2 aliphatic heterocycles. The molecule has 0 unspecified atom stereocenters. The molecule has 4 heterocycles. The summed E-state index contributed by atoms with van der Waals surface area (Å²) in [6.07, 6.45) is -2.99. The van der Waals surface area contributed by atoms with E-state index in [9.17, 15) is 43.5 Å². The zero-order valence-electron chi connectivity index (χ0n) is 23.6. The van der Waals surface area contributed by atoms with E-state index in [-0.39, 0.29) is 33.4 Å². The number of halogens is 6. The van der Waals surface area contributed by atoms with Gasteiger partial charge in [-0.2, -0.15) is 54.3 Å². The number of ether oxygens (including phenoxy) is 1. The van der Waals surface area contributed by atoms with Gasteiger partial charge in [0.1, 0.15) is 32.8 Å². The Morgan fingerprint density at radius 2 is 1.48 bits per heavy atom. The Kier molecular flexibility index (Phi) is 7.76. The molecule has 0 saturated heterocycles. The van der Waals surface area contributed by atoms with Gasteiger partial charge >= 0.3 is 22.3 Å². The van der Waals surface area contributed by atoms with E-state index >= 15 is 0 Å². The Morgan fingerprint density at radius 1 is 0.800 bits per heavy atom. The normalized spacial score (nSPS) is 13.2. The monoisotopic (exact) mass is 772 g/mol. The van der Waals surface area contributed by atoms with Gasteiger partial charge in [-0.25, -0.2) is 9.98 Å². The lowest BCUT2D eigenvalue weighted by atomic mass is 10.1. The summed E-state index contributed by atoms with van der Waals surface area (Å²) in [7, 11) is -10.4. The van der Waals surface area contributed by atoms with E-state index in [1.807, 2.05) is 0 Å². The van der Waals surface area contributed by atoms with E-state index in [4.69, 9.17) is 32.4 Å². The Labute approximate surface area is 284 Å². The first kappa shape index (κ1) is 33.2. The maximum Gasteiger partial charge on any atom is 0.313 e. The number of rotatable bonds is 5. The van der Waals surface area contributed by atoms with Gasteiger partial charge in [-0.15, -0.1) is 0 Å². The average Bonchev–Trinajstić information content (AvgIpc) is 3.00. The van der Waals surface area contributed by atoms with Crippen LogP contribution in [0.15, 0.2) is 55.6 Å². The molecule has 0 saturated carbocycles. The van der Waals surface area contributed by atoms with Crippen molar-refractivity contribution in [1.82, 2.24) is 24.9 Å². The second kappa shape index (κ2) is 11.7. The third-order valence-corrected chi connectivity index (χ3v) is 9.23. The predicted molar refractivity (Wildman–Crippen MR) is 162 cm³/mol. The molecule has 7 rings (SSSR count). The van der Waals surface area contributed by atoms with Crippen molar-refractivity contribution in [3.63, 3.8) is 0 Å². The van der Waals surface area contributed by atoms with Crippen molar-refractivity contribution in [2.24, 2.45) is 4.99 Å². The maximum absolute atomic E-state index is 13.7. The first-order valence-corrected chi connectivity index (χ1v) is 16.7. The van der Waals surface area contributed by atoms with Crippen LogP contribution in [-0.4, -0.2) is 50.9 Å². The van der Waals surface area contributed by atoms with Gasteiger partial charge in [0.2, 0.25) is 11.9 Å². The topological polar surface area (TPSA) is 232 Å². The second-order valence-corrected chi connectivity index (χ2v) is 13.4. The lowest BCUT2D eigenvalue weighted by Crippen LogP contribution is -2.18. The van der Waals surface area contributed by atoms with E-state index in [0.29, 0.717) is 12.1 Å². The van der Waals surface area contributed by atoms with Gasteiger partial charge in [0.05, 0.1) is 16.7 Å². The zero-order chi connectivity index (χ0) is 35.9. The van der Waals surface area contributed by atoms with Gasteiger partial charge in [0.25, 0.3) is 10.1 Å². The molecule has 16 nitrogen and oxygen atoms in total. The molecule has 2 aromatic carbocycles. The largest absolute Gasteiger partial charge is 0.450 e. The van der Waals surface area contributed by atoms with E-state index in [2.05, 4.69) is 40.5 Å². The van der Waals surface area contributed by atoms with Crippen LogP contribution in [0.1, 0.15) is 0 Å². The van der Waals surface area contributed by atoms with Crippen LogP contribution >= 0.6 is 23.2 Å². The van der Waals surface area contributed by atoms with E-state index < -0.39 is 98.9 Å². The van der Waals surface area contributed by atoms with Crippen molar-refractivity contribution in [3.8, 4) is 23.0 Å². The number of nitrogens with zero attached hydrogens (tertiary/aromatic N) is 6. The SMILES string of the molecule is O=S(=O)(O)c1c(Nc2cc(F)nc(F)n2)ccc2c1Oc1c(c(Cl)c3oc4c(S(=O)(=O)O)c(=Nc5cc(F)nc(F)n5)ccc-4nc3c1Cl)N2. The van der Waals surface area contributed by atoms with Gasteiger partial charge in [0, 0.05) is 12.1 Å². The summed E-state index contributed by atoms with van der Waals surface area (Å²) in [5.41, 5.74) is -1.72. The van der Waals surface area contributed by atoms with Crippen LogP contribution < -0.4 is 20.7 Å². The highest BCUT2D eigenvalue weighted by Gasteiger charge is 2.35. The fourth-order valence-corrected chi connectivity index (χ4v) is 6.89. The van der Waals surface area contributed by atoms with Crippen LogP contribution in [0.5, 0.6) is 11.5 Å². The molecule has 3 aliphatic rings. The summed E-state index contributed by atoms with van der Waals surface area (Å²) >= 11 is 13.3. The molecule has 24 heteroatoms. The minimum atomic E-state index is -5.21. The van der Waals surface area contributed by atoms with Gasteiger partial charge in [-0.05, 0) is 24.3 Å². The zero-order valence-corrected chi connectivity index (χ0v) is 26.7. The number of aromatic nitrogens is 5. The van der Waals surface area contributed by atoms with Gasteiger partial charge in [-0.3, -0.25) is 9.11 Å². The number of fused-ring (bicyclic) bond motifs is 4. The summed E-state index contributed by atoms with van der Waals surface area (Å²) < 4.78 is 137. The summed E-state index contributed by atoms with van der Waals surface area (Å²) in [6, 6.07) is 5.68. The molecule has 0 amide bonds. The Hall–Kier alpha value is -5.26. The molecule has 2 aromatic heterocycles. The molecule has 256 valence electrons. The minimum absolute atomic E-state index is 0.147.